The lowest BCUT2D eigenvalue weighted by atomic mass is 9.67. The SMILES string of the molecule is c1ccc2c(c1)[C@H]1C[C@@H]2C1c1ccoc1. The fraction of sp³-hybridized carbons (Fsp3) is 0.286. The van der Waals surface area contributed by atoms with Gasteiger partial charge in [0.1, 0.15) is 0 Å². The predicted octanol–water partition coefficient (Wildman–Crippen LogP) is 3.65. The van der Waals surface area contributed by atoms with Crippen molar-refractivity contribution in [1.29, 1.82) is 0 Å². The normalized spacial score (nSPS) is 31.1. The number of rotatable bonds is 1. The van der Waals surface area contributed by atoms with Gasteiger partial charge in [-0.15, -0.1) is 0 Å². The van der Waals surface area contributed by atoms with Crippen molar-refractivity contribution in [3.05, 3.63) is 59.5 Å². The van der Waals surface area contributed by atoms with Gasteiger partial charge in [-0.3, -0.25) is 0 Å². The molecule has 0 spiro atoms. The maximum atomic E-state index is 5.19. The molecule has 1 aromatic heterocycles. The third-order valence-electron chi connectivity index (χ3n) is 4.10. The molecular weight excluding hydrogens is 184 g/mol. The Morgan fingerprint density at radius 1 is 1.00 bits per heavy atom. The Balaban J connectivity index is 1.82. The average Bonchev–Trinajstić information content (AvgIpc) is 2.87. The van der Waals surface area contributed by atoms with Crippen molar-refractivity contribution >= 4 is 0 Å². The molecule has 15 heavy (non-hydrogen) atoms. The van der Waals surface area contributed by atoms with Gasteiger partial charge >= 0.3 is 0 Å². The van der Waals surface area contributed by atoms with Crippen LogP contribution in [-0.2, 0) is 0 Å². The van der Waals surface area contributed by atoms with Gasteiger partial charge in [-0.25, -0.2) is 0 Å². The van der Waals surface area contributed by atoms with E-state index in [1.807, 2.05) is 6.26 Å². The highest BCUT2D eigenvalue weighted by Gasteiger charge is 2.51. The molecule has 1 nitrogen and oxygen atoms in total. The smallest absolute Gasteiger partial charge is 0.0937 e. The molecule has 2 aliphatic carbocycles. The molecule has 0 N–H and O–H groups in total. The fourth-order valence-electron chi connectivity index (χ4n) is 3.41. The van der Waals surface area contributed by atoms with Gasteiger partial charge in [0.25, 0.3) is 0 Å². The average molecular weight is 196 g/mol. The van der Waals surface area contributed by atoms with Gasteiger partial charge in [0, 0.05) is 5.92 Å². The lowest BCUT2D eigenvalue weighted by molar-refractivity contribution is 0.330. The van der Waals surface area contributed by atoms with E-state index in [9.17, 15) is 0 Å². The molecule has 1 saturated carbocycles. The standard InChI is InChI=1S/C14H12O/c1-2-4-11-10(3-1)12-7-13(11)14(12)9-5-6-15-8-9/h1-6,8,12-14H,7H2/t12-,13+,14?. The van der Waals surface area contributed by atoms with Crippen LogP contribution in [0, 0.1) is 0 Å². The molecule has 2 aliphatic rings. The van der Waals surface area contributed by atoms with Crippen molar-refractivity contribution < 1.29 is 4.42 Å². The van der Waals surface area contributed by atoms with E-state index in [2.05, 4.69) is 30.3 Å². The molecule has 1 heteroatoms. The molecule has 0 aliphatic heterocycles. The van der Waals surface area contributed by atoms with E-state index in [0.29, 0.717) is 5.92 Å². The van der Waals surface area contributed by atoms with E-state index in [1.54, 1.807) is 17.4 Å². The Hall–Kier alpha value is -1.50. The molecule has 1 fully saturated rings. The van der Waals surface area contributed by atoms with Gasteiger partial charge in [-0.2, -0.15) is 0 Å². The van der Waals surface area contributed by atoms with Crippen molar-refractivity contribution in [1.82, 2.24) is 0 Å². The van der Waals surface area contributed by atoms with Gasteiger partial charge in [0.15, 0.2) is 0 Å². The predicted molar refractivity (Wildman–Crippen MR) is 58.0 cm³/mol. The van der Waals surface area contributed by atoms with Gasteiger partial charge in [0.2, 0.25) is 0 Å². The zero-order valence-electron chi connectivity index (χ0n) is 8.39. The van der Waals surface area contributed by atoms with Gasteiger partial charge in [0.05, 0.1) is 12.5 Å². The van der Waals surface area contributed by atoms with E-state index in [0.717, 1.165) is 11.8 Å². The topological polar surface area (TPSA) is 13.1 Å². The molecule has 3 atom stereocenters. The van der Waals surface area contributed by atoms with Crippen molar-refractivity contribution in [2.45, 2.75) is 24.2 Å². The van der Waals surface area contributed by atoms with Crippen molar-refractivity contribution in [3.63, 3.8) is 0 Å². The third-order valence-corrected chi connectivity index (χ3v) is 4.10. The van der Waals surface area contributed by atoms with E-state index in [-0.39, 0.29) is 0 Å². The summed E-state index contributed by atoms with van der Waals surface area (Å²) in [4.78, 5) is 0. The molecule has 1 aromatic carbocycles. The zero-order chi connectivity index (χ0) is 9.83. The van der Waals surface area contributed by atoms with E-state index < -0.39 is 0 Å². The van der Waals surface area contributed by atoms with Crippen LogP contribution >= 0.6 is 0 Å². The maximum absolute atomic E-state index is 5.19. The molecule has 0 amide bonds. The first kappa shape index (κ1) is 7.75. The van der Waals surface area contributed by atoms with Crippen LogP contribution in [0.1, 0.15) is 40.9 Å². The molecule has 0 radical (unpaired) electrons. The van der Waals surface area contributed by atoms with Crippen LogP contribution in [0.2, 0.25) is 0 Å². The fourth-order valence-corrected chi connectivity index (χ4v) is 3.41. The molecule has 1 unspecified atom stereocenters. The monoisotopic (exact) mass is 196 g/mol. The summed E-state index contributed by atoms with van der Waals surface area (Å²) >= 11 is 0. The van der Waals surface area contributed by atoms with Gasteiger partial charge in [-0.05, 0) is 41.0 Å². The lowest BCUT2D eigenvalue weighted by Crippen LogP contribution is -2.21. The second kappa shape index (κ2) is 2.54. The number of fused-ring (bicyclic) bond motifs is 5. The van der Waals surface area contributed by atoms with Gasteiger partial charge in [-0.1, -0.05) is 24.3 Å². The highest BCUT2D eigenvalue weighted by molar-refractivity contribution is 5.50. The van der Waals surface area contributed by atoms with E-state index in [4.69, 9.17) is 4.42 Å². The molecule has 4 rings (SSSR count). The molecule has 74 valence electrons. The quantitative estimate of drug-likeness (QED) is 0.678. The summed E-state index contributed by atoms with van der Waals surface area (Å²) in [5.41, 5.74) is 4.54. The third kappa shape index (κ3) is 0.840. The maximum Gasteiger partial charge on any atom is 0.0937 e. The van der Waals surface area contributed by atoms with Gasteiger partial charge < -0.3 is 4.42 Å². The first-order valence-corrected chi connectivity index (χ1v) is 5.56. The summed E-state index contributed by atoms with van der Waals surface area (Å²) < 4.78 is 5.19. The number of benzene rings is 1. The van der Waals surface area contributed by atoms with Crippen LogP contribution in [0.15, 0.2) is 47.3 Å². The molecule has 0 saturated heterocycles. The van der Waals surface area contributed by atoms with Crippen molar-refractivity contribution in [3.8, 4) is 0 Å². The van der Waals surface area contributed by atoms with Crippen LogP contribution in [0.4, 0.5) is 0 Å². The highest BCUT2D eigenvalue weighted by Crippen LogP contribution is 2.65. The minimum atomic E-state index is 0.696. The first-order valence-electron chi connectivity index (χ1n) is 5.56. The molecule has 2 bridgehead atoms. The highest BCUT2D eigenvalue weighted by atomic mass is 16.3. The Morgan fingerprint density at radius 2 is 1.73 bits per heavy atom. The summed E-state index contributed by atoms with van der Waals surface area (Å²) in [6.07, 6.45) is 5.04. The van der Waals surface area contributed by atoms with Crippen LogP contribution in [0.25, 0.3) is 0 Å². The summed E-state index contributed by atoms with van der Waals surface area (Å²) in [5.74, 6) is 2.20. The Bertz CT molecular complexity index is 469. The van der Waals surface area contributed by atoms with Crippen LogP contribution in [-0.4, -0.2) is 0 Å². The molecule has 2 aromatic rings. The number of furan rings is 1. The second-order valence-corrected chi connectivity index (χ2v) is 4.66. The first-order chi connectivity index (χ1) is 7.45. The lowest BCUT2D eigenvalue weighted by Gasteiger charge is -2.35. The molecular formula is C14H12O. The Morgan fingerprint density at radius 3 is 2.33 bits per heavy atom. The summed E-state index contributed by atoms with van der Waals surface area (Å²) in [5, 5.41) is 0. The minimum Gasteiger partial charge on any atom is -0.472 e. The molecule has 1 heterocycles. The van der Waals surface area contributed by atoms with Crippen molar-refractivity contribution in [2.24, 2.45) is 0 Å². The number of hydrogen-bond donors (Lipinski definition) is 0. The number of hydrogen-bond acceptors (Lipinski definition) is 1. The zero-order valence-corrected chi connectivity index (χ0v) is 8.39. The summed E-state index contributed by atoms with van der Waals surface area (Å²) in [7, 11) is 0. The summed E-state index contributed by atoms with van der Waals surface area (Å²) in [6.45, 7) is 0. The largest absolute Gasteiger partial charge is 0.472 e. The van der Waals surface area contributed by atoms with E-state index in [1.165, 1.54) is 12.0 Å². The minimum absolute atomic E-state index is 0.696. The van der Waals surface area contributed by atoms with Crippen LogP contribution < -0.4 is 0 Å². The van der Waals surface area contributed by atoms with E-state index >= 15 is 0 Å². The Labute approximate surface area is 88.7 Å². The van der Waals surface area contributed by atoms with Crippen LogP contribution in [0.3, 0.4) is 0 Å². The van der Waals surface area contributed by atoms with Crippen molar-refractivity contribution in [2.75, 3.05) is 0 Å². The van der Waals surface area contributed by atoms with Crippen LogP contribution in [0.5, 0.6) is 0 Å². The Kier molecular flexibility index (Phi) is 1.31. The second-order valence-electron chi connectivity index (χ2n) is 4.66. The summed E-state index contributed by atoms with van der Waals surface area (Å²) in [6, 6.07) is 11.0.